The summed E-state index contributed by atoms with van der Waals surface area (Å²) in [4.78, 5) is 4.19. The minimum Gasteiger partial charge on any atom is -0.352 e. The van der Waals surface area contributed by atoms with Crippen LogP contribution in [0.2, 0.25) is 0 Å². The molecule has 0 radical (unpaired) electrons. The zero-order valence-corrected chi connectivity index (χ0v) is 10.5. The molecule has 2 heterocycles. The van der Waals surface area contributed by atoms with Gasteiger partial charge in [0.2, 0.25) is 5.95 Å². The predicted molar refractivity (Wildman–Crippen MR) is 67.8 cm³/mol. The molecule has 0 amide bonds. The summed E-state index contributed by atoms with van der Waals surface area (Å²) in [6.07, 6.45) is 6.88. The number of nitrogens with one attached hydrogen (secondary N) is 1. The van der Waals surface area contributed by atoms with Gasteiger partial charge < -0.3 is 9.88 Å². The normalized spacial score (nSPS) is 23.2. The number of aromatic nitrogens is 2. The van der Waals surface area contributed by atoms with Crippen molar-refractivity contribution >= 4 is 15.8 Å². The molecule has 6 heteroatoms. The minimum atomic E-state index is -2.89. The molecule has 0 bridgehead atoms. The summed E-state index contributed by atoms with van der Waals surface area (Å²) in [5, 5.41) is 3.11. The van der Waals surface area contributed by atoms with E-state index < -0.39 is 9.84 Å². The van der Waals surface area contributed by atoms with Gasteiger partial charge in [-0.15, -0.1) is 6.58 Å². The molecule has 5 nitrogen and oxygen atoms in total. The van der Waals surface area contributed by atoms with E-state index in [2.05, 4.69) is 16.9 Å². The Hall–Kier alpha value is -1.30. The summed E-state index contributed by atoms with van der Waals surface area (Å²) in [7, 11) is -2.89. The SMILES string of the molecule is C=CCNc1nccn1C1CCCS(=O)(=O)C1. The van der Waals surface area contributed by atoms with Crippen molar-refractivity contribution < 1.29 is 8.42 Å². The van der Waals surface area contributed by atoms with Crippen LogP contribution < -0.4 is 5.32 Å². The third-order valence-corrected chi connectivity index (χ3v) is 4.71. The lowest BCUT2D eigenvalue weighted by Gasteiger charge is -2.24. The molecule has 1 fully saturated rings. The van der Waals surface area contributed by atoms with Crippen LogP contribution in [0.25, 0.3) is 0 Å². The molecule has 2 rings (SSSR count). The highest BCUT2D eigenvalue weighted by Gasteiger charge is 2.26. The van der Waals surface area contributed by atoms with Gasteiger partial charge in [-0.2, -0.15) is 0 Å². The van der Waals surface area contributed by atoms with Crippen LogP contribution in [0.15, 0.2) is 25.0 Å². The summed E-state index contributed by atoms with van der Waals surface area (Å²) in [6, 6.07) is 0.00330. The second kappa shape index (κ2) is 4.91. The molecule has 1 aliphatic rings. The van der Waals surface area contributed by atoms with E-state index in [4.69, 9.17) is 0 Å². The predicted octanol–water partition coefficient (Wildman–Crippen LogP) is 1.23. The van der Waals surface area contributed by atoms with Crippen molar-refractivity contribution in [3.05, 3.63) is 25.0 Å². The highest BCUT2D eigenvalue weighted by atomic mass is 32.2. The average molecular weight is 255 g/mol. The van der Waals surface area contributed by atoms with Crippen molar-refractivity contribution in [1.82, 2.24) is 9.55 Å². The number of rotatable bonds is 4. The monoisotopic (exact) mass is 255 g/mol. The van der Waals surface area contributed by atoms with Crippen LogP contribution in [0.3, 0.4) is 0 Å². The molecule has 1 unspecified atom stereocenters. The number of anilines is 1. The lowest BCUT2D eigenvalue weighted by molar-refractivity contribution is 0.473. The standard InChI is InChI=1S/C11H17N3O2S/c1-2-5-12-11-13-6-7-14(11)10-4-3-8-17(15,16)9-10/h2,6-7,10H,1,3-5,8-9H2,(H,12,13). The van der Waals surface area contributed by atoms with Crippen LogP contribution in [0.4, 0.5) is 5.95 Å². The highest BCUT2D eigenvalue weighted by molar-refractivity contribution is 7.91. The second-order valence-corrected chi connectivity index (χ2v) is 6.47. The highest BCUT2D eigenvalue weighted by Crippen LogP contribution is 2.25. The minimum absolute atomic E-state index is 0.00330. The van der Waals surface area contributed by atoms with E-state index in [1.54, 1.807) is 12.3 Å². The molecule has 1 atom stereocenters. The maximum absolute atomic E-state index is 11.6. The lowest BCUT2D eigenvalue weighted by atomic mass is 10.2. The van der Waals surface area contributed by atoms with Gasteiger partial charge in [-0.25, -0.2) is 13.4 Å². The summed E-state index contributed by atoms with van der Waals surface area (Å²) < 4.78 is 25.1. The van der Waals surface area contributed by atoms with Crippen LogP contribution in [-0.2, 0) is 9.84 Å². The van der Waals surface area contributed by atoms with Crippen LogP contribution in [0.5, 0.6) is 0 Å². The third-order valence-electron chi connectivity index (χ3n) is 2.91. The first-order valence-corrected chi connectivity index (χ1v) is 7.52. The molecular weight excluding hydrogens is 238 g/mol. The largest absolute Gasteiger partial charge is 0.352 e. The van der Waals surface area contributed by atoms with Crippen molar-refractivity contribution in [2.45, 2.75) is 18.9 Å². The van der Waals surface area contributed by atoms with E-state index in [9.17, 15) is 8.42 Å². The first-order valence-electron chi connectivity index (χ1n) is 5.70. The molecule has 17 heavy (non-hydrogen) atoms. The Morgan fingerprint density at radius 3 is 3.18 bits per heavy atom. The zero-order chi connectivity index (χ0) is 12.3. The molecule has 0 saturated carbocycles. The smallest absolute Gasteiger partial charge is 0.203 e. The van der Waals surface area contributed by atoms with E-state index in [-0.39, 0.29) is 11.8 Å². The molecule has 1 aromatic heterocycles. The van der Waals surface area contributed by atoms with Crippen LogP contribution in [0, 0.1) is 0 Å². The molecular formula is C11H17N3O2S. The number of sulfone groups is 1. The Labute approximate surface area is 101 Å². The molecule has 94 valence electrons. The first-order chi connectivity index (χ1) is 8.12. The van der Waals surface area contributed by atoms with E-state index in [0.29, 0.717) is 18.2 Å². The molecule has 0 aromatic carbocycles. The number of hydrogen-bond acceptors (Lipinski definition) is 4. The van der Waals surface area contributed by atoms with Crippen LogP contribution in [0.1, 0.15) is 18.9 Å². The first kappa shape index (κ1) is 12.2. The Balaban J connectivity index is 2.16. The van der Waals surface area contributed by atoms with E-state index in [0.717, 1.165) is 12.8 Å². The van der Waals surface area contributed by atoms with Gasteiger partial charge in [0.05, 0.1) is 17.5 Å². The summed E-state index contributed by atoms with van der Waals surface area (Å²) in [5.41, 5.74) is 0. The Morgan fingerprint density at radius 1 is 1.65 bits per heavy atom. The average Bonchev–Trinajstić information content (AvgIpc) is 2.73. The van der Waals surface area contributed by atoms with E-state index in [1.807, 2.05) is 10.8 Å². The topological polar surface area (TPSA) is 64.0 Å². The number of imidazole rings is 1. The third kappa shape index (κ3) is 2.88. The molecule has 0 aliphatic carbocycles. The van der Waals surface area contributed by atoms with Crippen LogP contribution >= 0.6 is 0 Å². The fraction of sp³-hybridized carbons (Fsp3) is 0.545. The van der Waals surface area contributed by atoms with Crippen LogP contribution in [-0.4, -0.2) is 36.0 Å². The van der Waals surface area contributed by atoms with Crippen molar-refractivity contribution in [3.63, 3.8) is 0 Å². The lowest BCUT2D eigenvalue weighted by Crippen LogP contribution is -2.28. The van der Waals surface area contributed by atoms with Gasteiger partial charge in [0.25, 0.3) is 0 Å². The maximum atomic E-state index is 11.6. The van der Waals surface area contributed by atoms with Gasteiger partial charge in [0.15, 0.2) is 9.84 Å². The molecule has 0 spiro atoms. The summed E-state index contributed by atoms with van der Waals surface area (Å²) in [6.45, 7) is 4.25. The number of hydrogen-bond donors (Lipinski definition) is 1. The molecule has 1 N–H and O–H groups in total. The Morgan fingerprint density at radius 2 is 2.47 bits per heavy atom. The maximum Gasteiger partial charge on any atom is 0.203 e. The molecule has 1 aromatic rings. The quantitative estimate of drug-likeness (QED) is 0.822. The molecule has 1 saturated heterocycles. The van der Waals surface area contributed by atoms with E-state index in [1.165, 1.54) is 0 Å². The Kier molecular flexibility index (Phi) is 3.51. The van der Waals surface area contributed by atoms with Gasteiger partial charge in [0, 0.05) is 18.9 Å². The van der Waals surface area contributed by atoms with Gasteiger partial charge in [-0.3, -0.25) is 0 Å². The van der Waals surface area contributed by atoms with Crippen molar-refractivity contribution in [2.24, 2.45) is 0 Å². The van der Waals surface area contributed by atoms with Gasteiger partial charge in [-0.1, -0.05) is 6.08 Å². The van der Waals surface area contributed by atoms with Crippen molar-refractivity contribution in [2.75, 3.05) is 23.4 Å². The van der Waals surface area contributed by atoms with Gasteiger partial charge in [-0.05, 0) is 12.8 Å². The van der Waals surface area contributed by atoms with E-state index >= 15 is 0 Å². The second-order valence-electron chi connectivity index (χ2n) is 4.24. The fourth-order valence-electron chi connectivity index (χ4n) is 2.13. The fourth-order valence-corrected chi connectivity index (χ4v) is 3.81. The number of nitrogens with zero attached hydrogens (tertiary/aromatic N) is 2. The summed E-state index contributed by atoms with van der Waals surface area (Å²) >= 11 is 0. The molecule has 1 aliphatic heterocycles. The Bertz CT molecular complexity index is 493. The zero-order valence-electron chi connectivity index (χ0n) is 9.67. The summed E-state index contributed by atoms with van der Waals surface area (Å²) in [5.74, 6) is 1.24. The van der Waals surface area contributed by atoms with Gasteiger partial charge >= 0.3 is 0 Å². The van der Waals surface area contributed by atoms with Gasteiger partial charge in [0.1, 0.15) is 0 Å². The van der Waals surface area contributed by atoms with Crippen molar-refractivity contribution in [3.8, 4) is 0 Å². The van der Waals surface area contributed by atoms with Crippen molar-refractivity contribution in [1.29, 1.82) is 0 Å².